The quantitative estimate of drug-likeness (QED) is 0.713. The van der Waals surface area contributed by atoms with E-state index < -0.39 is 0 Å². The standard InChI is InChI=1S/C18H20O/c1-4-8-15-10-5-6-11-17(15)18-13(2)9-7-12-16(18)14(3)19/h5-7,9-12H,4,8H2,1-3H3. The van der Waals surface area contributed by atoms with Gasteiger partial charge in [-0.3, -0.25) is 4.79 Å². The number of carbonyl (C=O) groups excluding carboxylic acids is 1. The number of hydrogen-bond donors (Lipinski definition) is 0. The predicted octanol–water partition coefficient (Wildman–Crippen LogP) is 4.82. The minimum Gasteiger partial charge on any atom is -0.294 e. The average molecular weight is 252 g/mol. The highest BCUT2D eigenvalue weighted by atomic mass is 16.1. The first-order valence-electron chi connectivity index (χ1n) is 6.84. The molecule has 0 saturated carbocycles. The van der Waals surface area contributed by atoms with Gasteiger partial charge in [-0.15, -0.1) is 0 Å². The molecule has 2 aromatic rings. The van der Waals surface area contributed by atoms with Crippen molar-refractivity contribution in [2.24, 2.45) is 0 Å². The number of hydrogen-bond acceptors (Lipinski definition) is 1. The van der Waals surface area contributed by atoms with E-state index in [0.29, 0.717) is 0 Å². The Balaban J connectivity index is 2.68. The number of aryl methyl sites for hydroxylation is 2. The Labute approximate surface area is 115 Å². The minimum atomic E-state index is 0.130. The molecule has 0 fully saturated rings. The van der Waals surface area contributed by atoms with Crippen molar-refractivity contribution in [3.63, 3.8) is 0 Å². The largest absolute Gasteiger partial charge is 0.294 e. The van der Waals surface area contributed by atoms with Crippen LogP contribution >= 0.6 is 0 Å². The lowest BCUT2D eigenvalue weighted by Gasteiger charge is -2.14. The van der Waals surface area contributed by atoms with E-state index in [1.165, 1.54) is 11.1 Å². The van der Waals surface area contributed by atoms with Gasteiger partial charge in [0.05, 0.1) is 0 Å². The maximum Gasteiger partial charge on any atom is 0.160 e. The van der Waals surface area contributed by atoms with Gasteiger partial charge in [0.2, 0.25) is 0 Å². The van der Waals surface area contributed by atoms with Gasteiger partial charge in [0.15, 0.2) is 5.78 Å². The number of benzene rings is 2. The van der Waals surface area contributed by atoms with Crippen molar-refractivity contribution in [1.82, 2.24) is 0 Å². The zero-order chi connectivity index (χ0) is 13.8. The number of Topliss-reactive ketones (excluding diaryl/α,β-unsaturated/α-hetero) is 1. The van der Waals surface area contributed by atoms with Crippen LogP contribution in [-0.4, -0.2) is 5.78 Å². The molecule has 1 heteroatoms. The van der Waals surface area contributed by atoms with Crippen LogP contribution in [-0.2, 0) is 6.42 Å². The van der Waals surface area contributed by atoms with Gasteiger partial charge in [-0.25, -0.2) is 0 Å². The average Bonchev–Trinajstić information content (AvgIpc) is 2.40. The molecule has 1 nitrogen and oxygen atoms in total. The molecular weight excluding hydrogens is 232 g/mol. The van der Waals surface area contributed by atoms with Crippen molar-refractivity contribution in [2.45, 2.75) is 33.6 Å². The second kappa shape index (κ2) is 5.83. The lowest BCUT2D eigenvalue weighted by atomic mass is 9.89. The zero-order valence-electron chi connectivity index (χ0n) is 11.9. The van der Waals surface area contributed by atoms with E-state index in [9.17, 15) is 4.79 Å². The smallest absolute Gasteiger partial charge is 0.160 e. The van der Waals surface area contributed by atoms with Gasteiger partial charge in [-0.1, -0.05) is 55.8 Å². The molecule has 0 bridgehead atoms. The van der Waals surface area contributed by atoms with Gasteiger partial charge in [0.1, 0.15) is 0 Å². The lowest BCUT2D eigenvalue weighted by Crippen LogP contribution is -2.00. The second-order valence-corrected chi connectivity index (χ2v) is 4.96. The van der Waals surface area contributed by atoms with Crippen LogP contribution in [0.4, 0.5) is 0 Å². The SMILES string of the molecule is CCCc1ccccc1-c1c(C)cccc1C(C)=O. The summed E-state index contributed by atoms with van der Waals surface area (Å²) in [5.74, 6) is 0.130. The van der Waals surface area contributed by atoms with Gasteiger partial charge in [-0.05, 0) is 42.5 Å². The van der Waals surface area contributed by atoms with Crippen molar-refractivity contribution in [3.8, 4) is 11.1 Å². The summed E-state index contributed by atoms with van der Waals surface area (Å²) in [6, 6.07) is 14.4. The molecule has 0 heterocycles. The van der Waals surface area contributed by atoms with Crippen molar-refractivity contribution in [3.05, 3.63) is 59.2 Å². The lowest BCUT2D eigenvalue weighted by molar-refractivity contribution is 0.101. The van der Waals surface area contributed by atoms with Gasteiger partial charge >= 0.3 is 0 Å². The first-order chi connectivity index (χ1) is 9.15. The Morgan fingerprint density at radius 1 is 1.05 bits per heavy atom. The first kappa shape index (κ1) is 13.5. The van der Waals surface area contributed by atoms with E-state index in [1.807, 2.05) is 18.2 Å². The third-order valence-corrected chi connectivity index (χ3v) is 3.46. The molecule has 0 aromatic heterocycles. The fourth-order valence-corrected chi connectivity index (χ4v) is 2.57. The minimum absolute atomic E-state index is 0.130. The van der Waals surface area contributed by atoms with Crippen LogP contribution in [0.15, 0.2) is 42.5 Å². The van der Waals surface area contributed by atoms with Crippen molar-refractivity contribution >= 4 is 5.78 Å². The Bertz CT molecular complexity index is 596. The van der Waals surface area contributed by atoms with Crippen LogP contribution in [0.5, 0.6) is 0 Å². The highest BCUT2D eigenvalue weighted by Crippen LogP contribution is 2.31. The number of carbonyl (C=O) groups is 1. The van der Waals surface area contributed by atoms with E-state index in [-0.39, 0.29) is 5.78 Å². The van der Waals surface area contributed by atoms with Crippen LogP contribution in [0.2, 0.25) is 0 Å². The highest BCUT2D eigenvalue weighted by molar-refractivity contribution is 6.01. The molecule has 98 valence electrons. The van der Waals surface area contributed by atoms with Crippen LogP contribution < -0.4 is 0 Å². The predicted molar refractivity (Wildman–Crippen MR) is 80.6 cm³/mol. The normalized spacial score (nSPS) is 10.5. The van der Waals surface area contributed by atoms with E-state index in [2.05, 4.69) is 38.1 Å². The molecule has 0 aliphatic carbocycles. The van der Waals surface area contributed by atoms with Gasteiger partial charge < -0.3 is 0 Å². The van der Waals surface area contributed by atoms with Gasteiger partial charge in [-0.2, -0.15) is 0 Å². The molecule has 0 unspecified atom stereocenters. The van der Waals surface area contributed by atoms with E-state index in [1.54, 1.807) is 6.92 Å². The third-order valence-electron chi connectivity index (χ3n) is 3.46. The summed E-state index contributed by atoms with van der Waals surface area (Å²) in [6.45, 7) is 5.89. The molecular formula is C18H20O. The Morgan fingerprint density at radius 3 is 2.47 bits per heavy atom. The monoisotopic (exact) mass is 252 g/mol. The Kier molecular flexibility index (Phi) is 4.16. The molecule has 2 aromatic carbocycles. The Morgan fingerprint density at radius 2 is 1.79 bits per heavy atom. The number of ketones is 1. The third kappa shape index (κ3) is 2.76. The fraction of sp³-hybridized carbons (Fsp3) is 0.278. The zero-order valence-corrected chi connectivity index (χ0v) is 11.9. The molecule has 0 saturated heterocycles. The fourth-order valence-electron chi connectivity index (χ4n) is 2.57. The molecule has 0 N–H and O–H groups in total. The molecule has 0 amide bonds. The summed E-state index contributed by atoms with van der Waals surface area (Å²) < 4.78 is 0. The molecule has 0 atom stereocenters. The summed E-state index contributed by atoms with van der Waals surface area (Å²) in [7, 11) is 0. The van der Waals surface area contributed by atoms with Crippen molar-refractivity contribution < 1.29 is 4.79 Å². The summed E-state index contributed by atoms with van der Waals surface area (Å²) in [4.78, 5) is 11.9. The molecule has 0 radical (unpaired) electrons. The van der Waals surface area contributed by atoms with Crippen LogP contribution in [0.1, 0.15) is 41.8 Å². The maximum atomic E-state index is 11.9. The summed E-state index contributed by atoms with van der Waals surface area (Å²) in [5.41, 5.74) is 5.60. The number of rotatable bonds is 4. The van der Waals surface area contributed by atoms with Crippen LogP contribution in [0, 0.1) is 6.92 Å². The maximum absolute atomic E-state index is 11.9. The van der Waals surface area contributed by atoms with Crippen molar-refractivity contribution in [2.75, 3.05) is 0 Å². The van der Waals surface area contributed by atoms with E-state index in [4.69, 9.17) is 0 Å². The van der Waals surface area contributed by atoms with Crippen LogP contribution in [0.3, 0.4) is 0 Å². The van der Waals surface area contributed by atoms with Crippen LogP contribution in [0.25, 0.3) is 11.1 Å². The molecule has 2 rings (SSSR count). The first-order valence-corrected chi connectivity index (χ1v) is 6.84. The van der Waals surface area contributed by atoms with Gasteiger partial charge in [0.25, 0.3) is 0 Å². The second-order valence-electron chi connectivity index (χ2n) is 4.96. The molecule has 0 spiro atoms. The molecule has 19 heavy (non-hydrogen) atoms. The molecule has 0 aliphatic heterocycles. The topological polar surface area (TPSA) is 17.1 Å². The van der Waals surface area contributed by atoms with E-state index in [0.717, 1.165) is 29.5 Å². The Hall–Kier alpha value is -1.89. The summed E-state index contributed by atoms with van der Waals surface area (Å²) in [5, 5.41) is 0. The van der Waals surface area contributed by atoms with Gasteiger partial charge in [0, 0.05) is 5.56 Å². The molecule has 0 aliphatic rings. The summed E-state index contributed by atoms with van der Waals surface area (Å²) >= 11 is 0. The van der Waals surface area contributed by atoms with Crippen molar-refractivity contribution in [1.29, 1.82) is 0 Å². The highest BCUT2D eigenvalue weighted by Gasteiger charge is 2.13. The van der Waals surface area contributed by atoms with E-state index >= 15 is 0 Å². The summed E-state index contributed by atoms with van der Waals surface area (Å²) in [6.07, 6.45) is 2.15.